The van der Waals surface area contributed by atoms with Crippen molar-refractivity contribution in [1.29, 1.82) is 0 Å². The molecule has 28 heavy (non-hydrogen) atoms. The molecule has 0 radical (unpaired) electrons. The molecule has 0 aliphatic carbocycles. The minimum Gasteiger partial charge on any atom is -0.497 e. The second-order valence-electron chi connectivity index (χ2n) is 5.45. The van der Waals surface area contributed by atoms with Crippen LogP contribution in [0, 0.1) is 0 Å². The lowest BCUT2D eigenvalue weighted by Gasteiger charge is -2.11. The van der Waals surface area contributed by atoms with Crippen molar-refractivity contribution in [2.45, 2.75) is 6.18 Å². The maximum atomic E-state index is 12.7. The first-order valence-corrected chi connectivity index (χ1v) is 8.22. The zero-order chi connectivity index (χ0) is 20.7. The van der Waals surface area contributed by atoms with Gasteiger partial charge in [0.1, 0.15) is 5.75 Å². The predicted octanol–water partition coefficient (Wildman–Crippen LogP) is 4.56. The lowest BCUT2D eigenvalue weighted by molar-refractivity contribution is -0.142. The van der Waals surface area contributed by atoms with Gasteiger partial charge in [-0.1, -0.05) is 23.7 Å². The van der Waals surface area contributed by atoms with Crippen LogP contribution in [-0.2, 0) is 20.5 Å². The smallest absolute Gasteiger partial charge is 0.416 e. The third-order valence-electron chi connectivity index (χ3n) is 3.44. The Balaban J connectivity index is 1.89. The van der Waals surface area contributed by atoms with E-state index in [2.05, 4.69) is 5.32 Å². The summed E-state index contributed by atoms with van der Waals surface area (Å²) in [6.07, 6.45) is -1.99. The highest BCUT2D eigenvalue weighted by atomic mass is 35.5. The molecule has 0 saturated carbocycles. The first kappa shape index (κ1) is 21.3. The molecule has 0 heterocycles. The number of methoxy groups -OCH3 is 1. The molecule has 9 heteroatoms. The standard InChI is InChI=1S/C19H15ClF3NO4/c1-27-14-6-2-12(3-7-14)4-9-18(26)28-11-17(25)24-16-10-13(19(21,22)23)5-8-15(16)20/h2-10H,11H2,1H3,(H,24,25). The van der Waals surface area contributed by atoms with Crippen LogP contribution in [-0.4, -0.2) is 25.6 Å². The first-order valence-electron chi connectivity index (χ1n) is 7.84. The van der Waals surface area contributed by atoms with Crippen molar-refractivity contribution in [1.82, 2.24) is 0 Å². The van der Waals surface area contributed by atoms with Crippen molar-refractivity contribution in [3.63, 3.8) is 0 Å². The fourth-order valence-electron chi connectivity index (χ4n) is 2.05. The van der Waals surface area contributed by atoms with Crippen LogP contribution >= 0.6 is 11.6 Å². The molecule has 1 amide bonds. The quantitative estimate of drug-likeness (QED) is 0.557. The summed E-state index contributed by atoms with van der Waals surface area (Å²) in [5, 5.41) is 2.10. The van der Waals surface area contributed by atoms with E-state index in [-0.39, 0.29) is 10.7 Å². The number of hydrogen-bond acceptors (Lipinski definition) is 4. The van der Waals surface area contributed by atoms with Gasteiger partial charge in [-0.15, -0.1) is 0 Å². The largest absolute Gasteiger partial charge is 0.497 e. The molecule has 0 aliphatic heterocycles. The molecule has 2 aromatic carbocycles. The van der Waals surface area contributed by atoms with Crippen LogP contribution in [0.25, 0.3) is 6.08 Å². The van der Waals surface area contributed by atoms with Crippen LogP contribution in [0.5, 0.6) is 5.75 Å². The highest BCUT2D eigenvalue weighted by Crippen LogP contribution is 2.33. The molecule has 5 nitrogen and oxygen atoms in total. The zero-order valence-electron chi connectivity index (χ0n) is 14.5. The summed E-state index contributed by atoms with van der Waals surface area (Å²) in [6.45, 7) is -0.682. The van der Waals surface area contributed by atoms with Gasteiger partial charge < -0.3 is 14.8 Å². The number of alkyl halides is 3. The molecular formula is C19H15ClF3NO4. The lowest BCUT2D eigenvalue weighted by atomic mass is 10.2. The number of esters is 1. The molecule has 1 N–H and O–H groups in total. The summed E-state index contributed by atoms with van der Waals surface area (Å²) in [5.41, 5.74) is -0.490. The summed E-state index contributed by atoms with van der Waals surface area (Å²) in [7, 11) is 1.53. The van der Waals surface area contributed by atoms with Gasteiger partial charge >= 0.3 is 12.1 Å². The fourth-order valence-corrected chi connectivity index (χ4v) is 2.21. The molecule has 0 saturated heterocycles. The topological polar surface area (TPSA) is 64.6 Å². The molecule has 0 unspecified atom stereocenters. The molecular weight excluding hydrogens is 399 g/mol. The predicted molar refractivity (Wildman–Crippen MR) is 98.1 cm³/mol. The number of carbonyl (C=O) groups excluding carboxylic acids is 2. The third-order valence-corrected chi connectivity index (χ3v) is 3.77. The number of hydrogen-bond donors (Lipinski definition) is 1. The second-order valence-corrected chi connectivity index (χ2v) is 5.86. The van der Waals surface area contributed by atoms with Crippen molar-refractivity contribution in [3.05, 3.63) is 64.7 Å². The molecule has 148 valence electrons. The average molecular weight is 414 g/mol. The Labute approximate surface area is 163 Å². The van der Waals surface area contributed by atoms with Crippen LogP contribution < -0.4 is 10.1 Å². The Morgan fingerprint density at radius 1 is 1.14 bits per heavy atom. The Hall–Kier alpha value is -3.00. The molecule has 0 aliphatic rings. The van der Waals surface area contributed by atoms with Gasteiger partial charge in [-0.2, -0.15) is 13.2 Å². The average Bonchev–Trinajstić information content (AvgIpc) is 2.66. The molecule has 0 aromatic heterocycles. The van der Waals surface area contributed by atoms with Crippen LogP contribution in [0.3, 0.4) is 0 Å². The van der Waals surface area contributed by atoms with E-state index in [0.717, 1.165) is 18.2 Å². The normalized spacial score (nSPS) is 11.3. The first-order chi connectivity index (χ1) is 13.2. The van der Waals surface area contributed by atoms with E-state index in [1.807, 2.05) is 0 Å². The monoisotopic (exact) mass is 413 g/mol. The molecule has 0 fully saturated rings. The second kappa shape index (κ2) is 9.27. The van der Waals surface area contributed by atoms with Crippen molar-refractivity contribution in [3.8, 4) is 5.75 Å². The summed E-state index contributed by atoms with van der Waals surface area (Å²) in [4.78, 5) is 23.5. The molecule has 2 aromatic rings. The van der Waals surface area contributed by atoms with Gasteiger partial charge in [-0.25, -0.2) is 4.79 Å². The lowest BCUT2D eigenvalue weighted by Crippen LogP contribution is -2.20. The summed E-state index contributed by atoms with van der Waals surface area (Å²) < 4.78 is 47.9. The van der Waals surface area contributed by atoms with Gasteiger partial charge in [-0.3, -0.25) is 4.79 Å². The number of halogens is 4. The highest BCUT2D eigenvalue weighted by molar-refractivity contribution is 6.33. The number of anilines is 1. The molecule has 0 atom stereocenters. The summed E-state index contributed by atoms with van der Waals surface area (Å²) in [6, 6.07) is 9.35. The van der Waals surface area contributed by atoms with Crippen molar-refractivity contribution in [2.75, 3.05) is 19.0 Å². The van der Waals surface area contributed by atoms with Crippen LogP contribution in [0.2, 0.25) is 5.02 Å². The minimum absolute atomic E-state index is 0.0768. The maximum Gasteiger partial charge on any atom is 0.416 e. The van der Waals surface area contributed by atoms with Gasteiger partial charge in [-0.05, 0) is 42.0 Å². The van der Waals surface area contributed by atoms with E-state index < -0.39 is 30.2 Å². The SMILES string of the molecule is COc1ccc(C=CC(=O)OCC(=O)Nc2cc(C(F)(F)F)ccc2Cl)cc1. The van der Waals surface area contributed by atoms with Crippen molar-refractivity contribution in [2.24, 2.45) is 0 Å². The highest BCUT2D eigenvalue weighted by Gasteiger charge is 2.31. The van der Waals surface area contributed by atoms with Gasteiger partial charge in [0.15, 0.2) is 6.61 Å². The molecule has 0 bridgehead atoms. The Morgan fingerprint density at radius 3 is 2.43 bits per heavy atom. The van der Waals surface area contributed by atoms with E-state index >= 15 is 0 Å². The van der Waals surface area contributed by atoms with Crippen molar-refractivity contribution < 1.29 is 32.2 Å². The molecule has 0 spiro atoms. The Kier molecular flexibility index (Phi) is 7.06. The number of amides is 1. The number of rotatable bonds is 6. The van der Waals surface area contributed by atoms with Crippen LogP contribution in [0.1, 0.15) is 11.1 Å². The van der Waals surface area contributed by atoms with E-state index in [9.17, 15) is 22.8 Å². The number of ether oxygens (including phenoxy) is 2. The van der Waals surface area contributed by atoms with Crippen molar-refractivity contribution >= 4 is 35.2 Å². The van der Waals surface area contributed by atoms with Gasteiger partial charge in [0.25, 0.3) is 5.91 Å². The number of carbonyl (C=O) groups is 2. The van der Waals surface area contributed by atoms with Gasteiger partial charge in [0.05, 0.1) is 23.4 Å². The zero-order valence-corrected chi connectivity index (χ0v) is 15.3. The Bertz CT molecular complexity index is 880. The summed E-state index contributed by atoms with van der Waals surface area (Å²) in [5.74, 6) is -0.960. The number of nitrogens with one attached hydrogen (secondary N) is 1. The number of benzene rings is 2. The Morgan fingerprint density at radius 2 is 1.82 bits per heavy atom. The van der Waals surface area contributed by atoms with Gasteiger partial charge in [0, 0.05) is 6.08 Å². The van der Waals surface area contributed by atoms with Crippen LogP contribution in [0.15, 0.2) is 48.5 Å². The van der Waals surface area contributed by atoms with E-state index in [0.29, 0.717) is 17.4 Å². The fraction of sp³-hybridized carbons (Fsp3) is 0.158. The van der Waals surface area contributed by atoms with Crippen LogP contribution in [0.4, 0.5) is 18.9 Å². The summed E-state index contributed by atoms with van der Waals surface area (Å²) >= 11 is 5.78. The maximum absolute atomic E-state index is 12.7. The third kappa shape index (κ3) is 6.31. The minimum atomic E-state index is -4.58. The molecule has 2 rings (SSSR count). The van der Waals surface area contributed by atoms with E-state index in [1.165, 1.54) is 13.2 Å². The van der Waals surface area contributed by atoms with E-state index in [1.54, 1.807) is 24.3 Å². The van der Waals surface area contributed by atoms with Gasteiger partial charge in [0.2, 0.25) is 0 Å². The van der Waals surface area contributed by atoms with E-state index in [4.69, 9.17) is 21.1 Å².